The monoisotopic (exact) mass is 282 g/mol. The summed E-state index contributed by atoms with van der Waals surface area (Å²) in [6.07, 6.45) is 0. The van der Waals surface area contributed by atoms with Crippen molar-refractivity contribution in [3.8, 4) is 17.1 Å². The van der Waals surface area contributed by atoms with Crippen LogP contribution in [0.2, 0.25) is 0 Å². The minimum Gasteiger partial charge on any atom is -0.494 e. The second kappa shape index (κ2) is 5.59. The van der Waals surface area contributed by atoms with Gasteiger partial charge in [0.2, 0.25) is 0 Å². The zero-order valence-corrected chi connectivity index (χ0v) is 11.6. The average Bonchev–Trinajstić information content (AvgIpc) is 2.91. The summed E-state index contributed by atoms with van der Waals surface area (Å²) in [4.78, 5) is 7.71. The number of fused-ring (bicyclic) bond motifs is 1. The maximum atomic E-state index is 9.49. The van der Waals surface area contributed by atoms with Crippen LogP contribution in [0, 0.1) is 0 Å². The Bertz CT molecular complexity index is 737. The van der Waals surface area contributed by atoms with E-state index in [1.807, 2.05) is 37.3 Å². The first-order chi connectivity index (χ1) is 10.2. The molecule has 1 heterocycles. The third-order valence-corrected chi connectivity index (χ3v) is 3.25. The van der Waals surface area contributed by atoms with Crippen LogP contribution >= 0.6 is 0 Å². The quantitative estimate of drug-likeness (QED) is 0.630. The predicted octanol–water partition coefficient (Wildman–Crippen LogP) is 1.31. The number of ether oxygens (including phenoxy) is 1. The highest BCUT2D eigenvalue weighted by Crippen LogP contribution is 2.22. The van der Waals surface area contributed by atoms with Crippen LogP contribution in [0.4, 0.5) is 0 Å². The van der Waals surface area contributed by atoms with Gasteiger partial charge in [0.05, 0.1) is 17.6 Å². The Labute approximate surface area is 122 Å². The molecule has 3 aromatic rings. The number of benzene rings is 2. The van der Waals surface area contributed by atoms with Gasteiger partial charge < -0.3 is 19.8 Å². The van der Waals surface area contributed by atoms with Crippen molar-refractivity contribution in [2.24, 2.45) is 0 Å². The van der Waals surface area contributed by atoms with Crippen LogP contribution < -0.4 is 10.2 Å². The number of rotatable bonds is 4. The van der Waals surface area contributed by atoms with Crippen molar-refractivity contribution >= 4 is 23.6 Å². The number of nitrogens with zero attached hydrogens (tertiary/aromatic N) is 1. The summed E-state index contributed by atoms with van der Waals surface area (Å²) in [5.74, 6) is 1.15. The van der Waals surface area contributed by atoms with Crippen molar-refractivity contribution in [2.45, 2.75) is 6.92 Å². The maximum Gasteiger partial charge on any atom is 0.492 e. The zero-order valence-electron chi connectivity index (χ0n) is 11.6. The highest BCUT2D eigenvalue weighted by Gasteiger charge is 2.19. The van der Waals surface area contributed by atoms with Gasteiger partial charge in [0.25, 0.3) is 0 Å². The summed E-state index contributed by atoms with van der Waals surface area (Å²) >= 11 is 0. The molecule has 3 N–H and O–H groups in total. The molecular formula is C15H15BN2O3. The molecule has 0 amide bonds. The standard InChI is InChI=1S/C15H15BN2O3/c1-2-21-14-8-7-10(9-11(14)16(19)20)15-17-12-5-3-4-6-13(12)18-15/h3-9,19-20H,2H2,1H3,(H,17,18). The number of hydrogen-bond donors (Lipinski definition) is 3. The largest absolute Gasteiger partial charge is 0.494 e. The average molecular weight is 282 g/mol. The van der Waals surface area contributed by atoms with Crippen LogP contribution in [0.5, 0.6) is 5.75 Å². The van der Waals surface area contributed by atoms with E-state index < -0.39 is 7.12 Å². The Morgan fingerprint density at radius 3 is 2.71 bits per heavy atom. The van der Waals surface area contributed by atoms with Crippen LogP contribution in [0.3, 0.4) is 0 Å². The summed E-state index contributed by atoms with van der Waals surface area (Å²) in [7, 11) is -1.59. The van der Waals surface area contributed by atoms with Crippen LogP contribution in [0.25, 0.3) is 22.4 Å². The van der Waals surface area contributed by atoms with E-state index >= 15 is 0 Å². The van der Waals surface area contributed by atoms with Gasteiger partial charge in [-0.1, -0.05) is 12.1 Å². The van der Waals surface area contributed by atoms with Crippen LogP contribution in [-0.2, 0) is 0 Å². The minimum absolute atomic E-state index is 0.329. The molecule has 0 aliphatic rings. The van der Waals surface area contributed by atoms with E-state index in [1.54, 1.807) is 12.1 Å². The zero-order chi connectivity index (χ0) is 14.8. The summed E-state index contributed by atoms with van der Waals surface area (Å²) in [5.41, 5.74) is 2.91. The van der Waals surface area contributed by atoms with Gasteiger partial charge in [-0.05, 0) is 37.3 Å². The van der Waals surface area contributed by atoms with Crippen molar-refractivity contribution in [1.82, 2.24) is 9.97 Å². The highest BCUT2D eigenvalue weighted by atomic mass is 16.5. The number of para-hydroxylation sites is 2. The third kappa shape index (κ3) is 2.63. The van der Waals surface area contributed by atoms with Gasteiger partial charge in [-0.2, -0.15) is 0 Å². The lowest BCUT2D eigenvalue weighted by Gasteiger charge is -2.10. The molecule has 0 aliphatic carbocycles. The van der Waals surface area contributed by atoms with E-state index in [2.05, 4.69) is 9.97 Å². The Morgan fingerprint density at radius 1 is 1.19 bits per heavy atom. The summed E-state index contributed by atoms with van der Waals surface area (Å²) in [6, 6.07) is 13.0. The molecular weight excluding hydrogens is 267 g/mol. The number of nitrogens with one attached hydrogen (secondary N) is 1. The fourth-order valence-electron chi connectivity index (χ4n) is 2.27. The lowest BCUT2D eigenvalue weighted by molar-refractivity contribution is 0.340. The predicted molar refractivity (Wildman–Crippen MR) is 82.5 cm³/mol. The molecule has 0 spiro atoms. The summed E-state index contributed by atoms with van der Waals surface area (Å²) in [5, 5.41) is 19.0. The molecule has 3 rings (SSSR count). The van der Waals surface area contributed by atoms with Gasteiger partial charge in [0.1, 0.15) is 11.6 Å². The van der Waals surface area contributed by atoms with Crippen molar-refractivity contribution in [2.75, 3.05) is 6.61 Å². The number of hydrogen-bond acceptors (Lipinski definition) is 4. The number of aromatic nitrogens is 2. The molecule has 0 fully saturated rings. The van der Waals surface area contributed by atoms with Gasteiger partial charge in [0.15, 0.2) is 0 Å². The van der Waals surface area contributed by atoms with Gasteiger partial charge in [0, 0.05) is 11.0 Å². The van der Waals surface area contributed by atoms with Crippen molar-refractivity contribution < 1.29 is 14.8 Å². The van der Waals surface area contributed by atoms with Crippen molar-refractivity contribution in [3.05, 3.63) is 42.5 Å². The Hall–Kier alpha value is -2.31. The van der Waals surface area contributed by atoms with Crippen LogP contribution in [0.15, 0.2) is 42.5 Å². The first-order valence-electron chi connectivity index (χ1n) is 6.77. The molecule has 2 aromatic carbocycles. The normalized spacial score (nSPS) is 10.8. The van der Waals surface area contributed by atoms with E-state index in [4.69, 9.17) is 4.74 Å². The van der Waals surface area contributed by atoms with E-state index in [0.717, 1.165) is 16.6 Å². The second-order valence-electron chi connectivity index (χ2n) is 4.66. The number of aromatic amines is 1. The van der Waals surface area contributed by atoms with Gasteiger partial charge in [-0.15, -0.1) is 0 Å². The Morgan fingerprint density at radius 2 is 2.00 bits per heavy atom. The molecule has 6 heteroatoms. The molecule has 1 aromatic heterocycles. The van der Waals surface area contributed by atoms with E-state index in [9.17, 15) is 10.0 Å². The SMILES string of the molecule is CCOc1ccc(-c2nc3ccccc3[nH]2)cc1B(O)O. The molecule has 0 saturated heterocycles. The van der Waals surface area contributed by atoms with Gasteiger partial charge >= 0.3 is 7.12 Å². The van der Waals surface area contributed by atoms with Crippen molar-refractivity contribution in [1.29, 1.82) is 0 Å². The van der Waals surface area contributed by atoms with Crippen LogP contribution in [-0.4, -0.2) is 33.7 Å². The number of imidazole rings is 1. The fourth-order valence-corrected chi connectivity index (χ4v) is 2.27. The van der Waals surface area contributed by atoms with E-state index in [1.165, 1.54) is 0 Å². The van der Waals surface area contributed by atoms with Crippen LogP contribution in [0.1, 0.15) is 6.92 Å². The molecule has 0 unspecified atom stereocenters. The summed E-state index contributed by atoms with van der Waals surface area (Å²) < 4.78 is 5.40. The number of H-pyrrole nitrogens is 1. The molecule has 0 radical (unpaired) electrons. The topological polar surface area (TPSA) is 78.4 Å². The molecule has 21 heavy (non-hydrogen) atoms. The lowest BCUT2D eigenvalue weighted by atomic mass is 9.78. The van der Waals surface area contributed by atoms with Gasteiger partial charge in [-0.25, -0.2) is 4.98 Å². The first-order valence-corrected chi connectivity index (χ1v) is 6.77. The third-order valence-electron chi connectivity index (χ3n) is 3.25. The Kier molecular flexibility index (Phi) is 3.64. The van der Waals surface area contributed by atoms with E-state index in [0.29, 0.717) is 23.6 Å². The molecule has 0 saturated carbocycles. The smallest absolute Gasteiger partial charge is 0.492 e. The maximum absolute atomic E-state index is 9.49. The minimum atomic E-state index is -1.59. The Balaban J connectivity index is 2.07. The molecule has 0 atom stereocenters. The lowest BCUT2D eigenvalue weighted by Crippen LogP contribution is -2.31. The summed E-state index contributed by atoms with van der Waals surface area (Å²) in [6.45, 7) is 2.31. The highest BCUT2D eigenvalue weighted by molar-refractivity contribution is 6.59. The molecule has 0 aliphatic heterocycles. The second-order valence-corrected chi connectivity index (χ2v) is 4.66. The first kappa shape index (κ1) is 13.7. The molecule has 5 nitrogen and oxygen atoms in total. The van der Waals surface area contributed by atoms with Gasteiger partial charge in [-0.3, -0.25) is 0 Å². The van der Waals surface area contributed by atoms with E-state index in [-0.39, 0.29) is 0 Å². The fraction of sp³-hybridized carbons (Fsp3) is 0.133. The van der Waals surface area contributed by atoms with Crippen molar-refractivity contribution in [3.63, 3.8) is 0 Å². The molecule has 0 bridgehead atoms. The molecule has 106 valence electrons.